The van der Waals surface area contributed by atoms with Crippen LogP contribution in [-0.4, -0.2) is 17.5 Å². The molecule has 2 aromatic carbocycles. The highest BCUT2D eigenvalue weighted by Crippen LogP contribution is 2.15. The van der Waals surface area contributed by atoms with Gasteiger partial charge in [-0.3, -0.25) is 5.43 Å². The van der Waals surface area contributed by atoms with Crippen LogP contribution in [0.5, 0.6) is 0 Å². The molecule has 4 heteroatoms. The first-order valence-electron chi connectivity index (χ1n) is 6.64. The smallest absolute Gasteiger partial charge is 0.146 e. The summed E-state index contributed by atoms with van der Waals surface area (Å²) in [5, 5.41) is 5.35. The van der Waals surface area contributed by atoms with E-state index in [1.807, 2.05) is 48.5 Å². The molecule has 1 heterocycles. The Bertz CT molecular complexity index is 766. The van der Waals surface area contributed by atoms with Crippen LogP contribution in [0.15, 0.2) is 70.7 Å². The van der Waals surface area contributed by atoms with Crippen molar-refractivity contribution in [1.29, 1.82) is 0 Å². The van der Waals surface area contributed by atoms with E-state index in [0.29, 0.717) is 0 Å². The first-order chi connectivity index (χ1) is 10.3. The lowest BCUT2D eigenvalue weighted by Crippen LogP contribution is -1.93. The van der Waals surface area contributed by atoms with Gasteiger partial charge in [0.1, 0.15) is 5.82 Å². The van der Waals surface area contributed by atoms with Gasteiger partial charge in [-0.25, -0.2) is 4.98 Å². The van der Waals surface area contributed by atoms with Gasteiger partial charge in [0.2, 0.25) is 0 Å². The summed E-state index contributed by atoms with van der Waals surface area (Å²) in [7, 11) is 0. The Morgan fingerprint density at radius 3 is 2.62 bits per heavy atom. The van der Waals surface area contributed by atoms with Crippen molar-refractivity contribution in [1.82, 2.24) is 4.98 Å². The topological polar surface area (TPSA) is 37.3 Å². The summed E-state index contributed by atoms with van der Waals surface area (Å²) in [6.07, 6.45) is 3.86. The van der Waals surface area contributed by atoms with E-state index in [9.17, 15) is 0 Å². The molecule has 21 heavy (non-hydrogen) atoms. The van der Waals surface area contributed by atoms with Crippen LogP contribution in [0, 0.1) is 0 Å². The van der Waals surface area contributed by atoms with Crippen molar-refractivity contribution in [2.45, 2.75) is 4.90 Å². The van der Waals surface area contributed by atoms with Crippen molar-refractivity contribution in [2.75, 3.05) is 11.7 Å². The molecule has 1 aromatic heterocycles. The zero-order valence-corrected chi connectivity index (χ0v) is 12.5. The third kappa shape index (κ3) is 3.41. The van der Waals surface area contributed by atoms with Gasteiger partial charge >= 0.3 is 0 Å². The lowest BCUT2D eigenvalue weighted by molar-refractivity contribution is 1.26. The summed E-state index contributed by atoms with van der Waals surface area (Å²) in [4.78, 5) is 5.75. The van der Waals surface area contributed by atoms with Crippen molar-refractivity contribution < 1.29 is 0 Å². The lowest BCUT2D eigenvalue weighted by Gasteiger charge is -2.02. The number of fused-ring (bicyclic) bond motifs is 1. The number of thioether (sulfide) groups is 1. The van der Waals surface area contributed by atoms with Crippen molar-refractivity contribution in [3.63, 3.8) is 0 Å². The number of hydrogen-bond donors (Lipinski definition) is 1. The Morgan fingerprint density at radius 1 is 1.00 bits per heavy atom. The van der Waals surface area contributed by atoms with Gasteiger partial charge in [0.25, 0.3) is 0 Å². The summed E-state index contributed by atoms with van der Waals surface area (Å²) in [6, 6.07) is 20.2. The number of anilines is 1. The standard InChI is InChI=1S/C17H15N3S/c1-21-15-9-6-13(7-10-15)12-18-20-17-11-8-14-4-2-3-5-16(14)19-17/h2-12H,1H3,(H,19,20)/b18-12-. The minimum atomic E-state index is 0.741. The molecule has 0 aliphatic carbocycles. The fraction of sp³-hybridized carbons (Fsp3) is 0.0588. The quantitative estimate of drug-likeness (QED) is 0.440. The Labute approximate surface area is 128 Å². The van der Waals surface area contributed by atoms with E-state index in [1.54, 1.807) is 18.0 Å². The summed E-state index contributed by atoms with van der Waals surface area (Å²) in [5.74, 6) is 0.741. The van der Waals surface area contributed by atoms with Crippen molar-refractivity contribution in [2.24, 2.45) is 5.10 Å². The maximum absolute atomic E-state index is 4.51. The van der Waals surface area contributed by atoms with Gasteiger partial charge in [-0.2, -0.15) is 5.10 Å². The zero-order chi connectivity index (χ0) is 14.5. The molecule has 0 aliphatic heterocycles. The lowest BCUT2D eigenvalue weighted by atomic mass is 10.2. The molecule has 0 aliphatic rings. The molecule has 0 spiro atoms. The van der Waals surface area contributed by atoms with Crippen LogP contribution in [-0.2, 0) is 0 Å². The van der Waals surface area contributed by atoms with Crippen LogP contribution in [0.4, 0.5) is 5.82 Å². The van der Waals surface area contributed by atoms with Gasteiger partial charge in [-0.05, 0) is 42.2 Å². The number of aromatic nitrogens is 1. The Hall–Kier alpha value is -2.33. The molecule has 0 saturated heterocycles. The maximum atomic E-state index is 4.51. The first kappa shape index (κ1) is 13.6. The fourth-order valence-corrected chi connectivity index (χ4v) is 2.40. The van der Waals surface area contributed by atoms with Gasteiger partial charge in [-0.1, -0.05) is 30.3 Å². The molecule has 3 nitrogen and oxygen atoms in total. The predicted octanol–water partition coefficient (Wildman–Crippen LogP) is 4.40. The van der Waals surface area contributed by atoms with Gasteiger partial charge < -0.3 is 0 Å². The van der Waals surface area contributed by atoms with Gasteiger partial charge in [0.05, 0.1) is 11.7 Å². The maximum Gasteiger partial charge on any atom is 0.146 e. The summed E-state index contributed by atoms with van der Waals surface area (Å²) in [5.41, 5.74) is 4.98. The van der Waals surface area contributed by atoms with Crippen LogP contribution >= 0.6 is 11.8 Å². The molecule has 0 fully saturated rings. The monoisotopic (exact) mass is 293 g/mol. The number of rotatable bonds is 4. The number of pyridine rings is 1. The molecule has 0 atom stereocenters. The molecule has 1 N–H and O–H groups in total. The average Bonchev–Trinajstić information content (AvgIpc) is 2.55. The van der Waals surface area contributed by atoms with Crippen molar-refractivity contribution >= 4 is 34.7 Å². The Kier molecular flexibility index (Phi) is 4.17. The van der Waals surface area contributed by atoms with E-state index in [1.165, 1.54) is 4.90 Å². The van der Waals surface area contributed by atoms with E-state index in [0.717, 1.165) is 22.3 Å². The number of benzene rings is 2. The first-order valence-corrected chi connectivity index (χ1v) is 7.86. The second-order valence-electron chi connectivity index (χ2n) is 4.53. The second-order valence-corrected chi connectivity index (χ2v) is 5.41. The van der Waals surface area contributed by atoms with Crippen LogP contribution in [0.25, 0.3) is 10.9 Å². The molecule has 3 rings (SSSR count). The van der Waals surface area contributed by atoms with Crippen LogP contribution in [0.1, 0.15) is 5.56 Å². The highest BCUT2D eigenvalue weighted by molar-refractivity contribution is 7.98. The molecule has 0 amide bonds. The fourth-order valence-electron chi connectivity index (χ4n) is 1.99. The molecule has 3 aromatic rings. The van der Waals surface area contributed by atoms with E-state index >= 15 is 0 Å². The second kappa shape index (κ2) is 6.41. The number of nitrogens with zero attached hydrogens (tertiary/aromatic N) is 2. The van der Waals surface area contributed by atoms with E-state index in [-0.39, 0.29) is 0 Å². The van der Waals surface area contributed by atoms with E-state index in [2.05, 4.69) is 33.9 Å². The zero-order valence-electron chi connectivity index (χ0n) is 11.7. The predicted molar refractivity (Wildman–Crippen MR) is 91.2 cm³/mol. The van der Waals surface area contributed by atoms with E-state index in [4.69, 9.17) is 0 Å². The molecule has 0 saturated carbocycles. The molecule has 0 unspecified atom stereocenters. The normalized spacial score (nSPS) is 11.1. The molecule has 104 valence electrons. The minimum absolute atomic E-state index is 0.741. The summed E-state index contributed by atoms with van der Waals surface area (Å²) >= 11 is 1.73. The number of hydrogen-bond acceptors (Lipinski definition) is 4. The summed E-state index contributed by atoms with van der Waals surface area (Å²) in [6.45, 7) is 0. The third-order valence-electron chi connectivity index (χ3n) is 3.11. The van der Waals surface area contributed by atoms with Gasteiger partial charge in [0, 0.05) is 10.3 Å². The molecular formula is C17H15N3S. The Balaban J connectivity index is 1.71. The molecular weight excluding hydrogens is 278 g/mol. The van der Waals surface area contributed by atoms with Crippen LogP contribution < -0.4 is 5.43 Å². The summed E-state index contributed by atoms with van der Waals surface area (Å²) < 4.78 is 0. The van der Waals surface area contributed by atoms with Crippen LogP contribution in [0.2, 0.25) is 0 Å². The van der Waals surface area contributed by atoms with E-state index < -0.39 is 0 Å². The largest absolute Gasteiger partial charge is 0.261 e. The number of hydrazone groups is 1. The number of nitrogens with one attached hydrogen (secondary N) is 1. The van der Waals surface area contributed by atoms with Gasteiger partial charge in [0.15, 0.2) is 0 Å². The van der Waals surface area contributed by atoms with Gasteiger partial charge in [-0.15, -0.1) is 11.8 Å². The SMILES string of the molecule is CSc1ccc(/C=N\Nc2ccc3ccccc3n2)cc1. The third-order valence-corrected chi connectivity index (χ3v) is 3.85. The highest BCUT2D eigenvalue weighted by Gasteiger charge is 1.96. The van der Waals surface area contributed by atoms with Crippen LogP contribution in [0.3, 0.4) is 0 Å². The molecule has 0 radical (unpaired) electrons. The average molecular weight is 293 g/mol. The van der Waals surface area contributed by atoms with Crippen molar-refractivity contribution in [3.8, 4) is 0 Å². The molecule has 0 bridgehead atoms. The van der Waals surface area contributed by atoms with Crippen molar-refractivity contribution in [3.05, 3.63) is 66.2 Å². The number of para-hydroxylation sites is 1. The minimum Gasteiger partial charge on any atom is -0.261 e. The Morgan fingerprint density at radius 2 is 1.81 bits per heavy atom. The highest BCUT2D eigenvalue weighted by atomic mass is 32.2.